The number of carboxylic acid groups (broad SMARTS) is 1. The second-order valence-corrected chi connectivity index (χ2v) is 3.78. The lowest BCUT2D eigenvalue weighted by molar-refractivity contribution is 0.0686. The maximum absolute atomic E-state index is 10.5. The summed E-state index contributed by atoms with van der Waals surface area (Å²) < 4.78 is 4.90. The highest BCUT2D eigenvalue weighted by molar-refractivity contribution is 7.13. The maximum atomic E-state index is 10.5. The van der Waals surface area contributed by atoms with Crippen molar-refractivity contribution in [2.75, 3.05) is 0 Å². The summed E-state index contributed by atoms with van der Waals surface area (Å²) in [5.74, 6) is -0.575. The average molecular weight is 209 g/mol. The number of nitrogens with zero attached hydrogens (tertiary/aromatic N) is 1. The van der Waals surface area contributed by atoms with Crippen molar-refractivity contribution in [3.63, 3.8) is 0 Å². The number of thiophene rings is 1. The minimum atomic E-state index is -1.08. The van der Waals surface area contributed by atoms with Crippen molar-refractivity contribution in [1.82, 2.24) is 5.16 Å². The first-order valence-electron chi connectivity index (χ1n) is 3.92. The SMILES string of the molecule is Cc1csc(-c2cc(C(=O)O)no2)c1. The molecule has 4 nitrogen and oxygen atoms in total. The van der Waals surface area contributed by atoms with Crippen LogP contribution in [0.1, 0.15) is 16.1 Å². The van der Waals surface area contributed by atoms with Gasteiger partial charge in [-0.2, -0.15) is 0 Å². The van der Waals surface area contributed by atoms with Crippen molar-refractivity contribution in [2.45, 2.75) is 6.92 Å². The lowest BCUT2D eigenvalue weighted by Gasteiger charge is -1.83. The fourth-order valence-corrected chi connectivity index (χ4v) is 1.90. The van der Waals surface area contributed by atoms with Crippen LogP contribution in [0.3, 0.4) is 0 Å². The fourth-order valence-electron chi connectivity index (χ4n) is 1.05. The lowest BCUT2D eigenvalue weighted by Crippen LogP contribution is -1.94. The molecule has 5 heteroatoms. The summed E-state index contributed by atoms with van der Waals surface area (Å²) in [6.07, 6.45) is 0. The van der Waals surface area contributed by atoms with Crippen molar-refractivity contribution < 1.29 is 14.4 Å². The summed E-state index contributed by atoms with van der Waals surface area (Å²) in [6.45, 7) is 1.97. The first kappa shape index (κ1) is 8.96. The Morgan fingerprint density at radius 3 is 2.86 bits per heavy atom. The van der Waals surface area contributed by atoms with E-state index in [0.29, 0.717) is 5.76 Å². The summed E-state index contributed by atoms with van der Waals surface area (Å²) in [4.78, 5) is 11.4. The molecule has 0 spiro atoms. The number of aromatic nitrogens is 1. The Kier molecular flexibility index (Phi) is 2.09. The van der Waals surface area contributed by atoms with Crippen LogP contribution in [0.15, 0.2) is 22.0 Å². The predicted octanol–water partition coefficient (Wildman–Crippen LogP) is 2.41. The summed E-state index contributed by atoms with van der Waals surface area (Å²) in [7, 11) is 0. The molecule has 0 aliphatic heterocycles. The van der Waals surface area contributed by atoms with E-state index in [2.05, 4.69) is 5.16 Å². The molecule has 14 heavy (non-hydrogen) atoms. The minimum Gasteiger partial charge on any atom is -0.476 e. The lowest BCUT2D eigenvalue weighted by atomic mass is 10.3. The molecule has 0 fully saturated rings. The topological polar surface area (TPSA) is 63.3 Å². The summed E-state index contributed by atoms with van der Waals surface area (Å²) >= 11 is 1.50. The molecule has 0 saturated heterocycles. The molecule has 0 radical (unpaired) electrons. The zero-order valence-electron chi connectivity index (χ0n) is 7.35. The van der Waals surface area contributed by atoms with Gasteiger partial charge < -0.3 is 9.63 Å². The number of aryl methyl sites for hydroxylation is 1. The first-order valence-corrected chi connectivity index (χ1v) is 4.80. The zero-order valence-corrected chi connectivity index (χ0v) is 8.17. The molecule has 0 atom stereocenters. The van der Waals surface area contributed by atoms with Crippen molar-refractivity contribution in [1.29, 1.82) is 0 Å². The van der Waals surface area contributed by atoms with Gasteiger partial charge in [-0.15, -0.1) is 11.3 Å². The van der Waals surface area contributed by atoms with E-state index in [1.165, 1.54) is 17.4 Å². The number of rotatable bonds is 2. The molecule has 2 aromatic rings. The van der Waals surface area contributed by atoms with Crippen LogP contribution in [-0.4, -0.2) is 16.2 Å². The molecule has 0 unspecified atom stereocenters. The van der Waals surface area contributed by atoms with Gasteiger partial charge in [-0.3, -0.25) is 0 Å². The van der Waals surface area contributed by atoms with Crippen LogP contribution in [-0.2, 0) is 0 Å². The number of hydrogen-bond acceptors (Lipinski definition) is 4. The second kappa shape index (κ2) is 3.26. The number of aromatic carboxylic acids is 1. The Bertz CT molecular complexity index is 472. The predicted molar refractivity (Wildman–Crippen MR) is 51.5 cm³/mol. The molecule has 0 aliphatic carbocycles. The van der Waals surface area contributed by atoms with E-state index in [1.54, 1.807) is 0 Å². The normalized spacial score (nSPS) is 10.4. The van der Waals surface area contributed by atoms with Gasteiger partial charge in [0.1, 0.15) is 0 Å². The van der Waals surface area contributed by atoms with E-state index in [9.17, 15) is 4.79 Å². The third kappa shape index (κ3) is 1.54. The van der Waals surface area contributed by atoms with Gasteiger partial charge in [0, 0.05) is 6.07 Å². The van der Waals surface area contributed by atoms with Gasteiger partial charge in [-0.05, 0) is 23.9 Å². The van der Waals surface area contributed by atoms with Gasteiger partial charge in [0.25, 0.3) is 0 Å². The van der Waals surface area contributed by atoms with Gasteiger partial charge in [-0.25, -0.2) is 4.79 Å². The largest absolute Gasteiger partial charge is 0.476 e. The van der Waals surface area contributed by atoms with Crippen LogP contribution in [0.25, 0.3) is 10.6 Å². The molecule has 2 rings (SSSR count). The number of carbonyl (C=O) groups is 1. The highest BCUT2D eigenvalue weighted by atomic mass is 32.1. The van der Waals surface area contributed by atoms with E-state index in [4.69, 9.17) is 9.63 Å². The maximum Gasteiger partial charge on any atom is 0.358 e. The van der Waals surface area contributed by atoms with E-state index < -0.39 is 5.97 Å². The average Bonchev–Trinajstić information content (AvgIpc) is 2.70. The zero-order chi connectivity index (χ0) is 10.1. The Morgan fingerprint density at radius 2 is 2.36 bits per heavy atom. The van der Waals surface area contributed by atoms with E-state index in [1.807, 2.05) is 18.4 Å². The quantitative estimate of drug-likeness (QED) is 0.824. The molecule has 1 N–H and O–H groups in total. The molecule has 72 valence electrons. The molecule has 0 saturated carbocycles. The van der Waals surface area contributed by atoms with E-state index in [-0.39, 0.29) is 5.69 Å². The van der Waals surface area contributed by atoms with Crippen molar-refractivity contribution >= 4 is 17.3 Å². The van der Waals surface area contributed by atoms with Crippen LogP contribution >= 0.6 is 11.3 Å². The Balaban J connectivity index is 2.38. The van der Waals surface area contributed by atoms with Crippen LogP contribution in [0.4, 0.5) is 0 Å². The minimum absolute atomic E-state index is 0.0638. The molecule has 0 aromatic carbocycles. The van der Waals surface area contributed by atoms with Gasteiger partial charge >= 0.3 is 5.97 Å². The molecule has 0 aliphatic rings. The van der Waals surface area contributed by atoms with E-state index in [0.717, 1.165) is 10.4 Å². The molecule has 0 amide bonds. The second-order valence-electron chi connectivity index (χ2n) is 2.87. The van der Waals surface area contributed by atoms with Crippen LogP contribution in [0, 0.1) is 6.92 Å². The first-order chi connectivity index (χ1) is 6.66. The Hall–Kier alpha value is -1.62. The number of hydrogen-bond donors (Lipinski definition) is 1. The fraction of sp³-hybridized carbons (Fsp3) is 0.111. The van der Waals surface area contributed by atoms with Gasteiger partial charge in [0.05, 0.1) is 4.88 Å². The van der Waals surface area contributed by atoms with Crippen molar-refractivity contribution in [2.24, 2.45) is 0 Å². The van der Waals surface area contributed by atoms with Gasteiger partial charge in [-0.1, -0.05) is 5.16 Å². The van der Waals surface area contributed by atoms with E-state index >= 15 is 0 Å². The van der Waals surface area contributed by atoms with Gasteiger partial charge in [0.15, 0.2) is 11.5 Å². The standard InChI is InChI=1S/C9H7NO3S/c1-5-2-8(14-4-5)7-3-6(9(11)12)10-13-7/h2-4H,1H3,(H,11,12). The highest BCUT2D eigenvalue weighted by Gasteiger charge is 2.12. The third-order valence-electron chi connectivity index (χ3n) is 1.70. The van der Waals surface area contributed by atoms with Gasteiger partial charge in [0.2, 0.25) is 0 Å². The molecular weight excluding hydrogens is 202 g/mol. The third-order valence-corrected chi connectivity index (χ3v) is 2.77. The van der Waals surface area contributed by atoms with Crippen molar-refractivity contribution in [3.8, 4) is 10.6 Å². The molecular formula is C9H7NO3S. The summed E-state index contributed by atoms with van der Waals surface area (Å²) in [6, 6.07) is 3.35. The molecule has 2 heterocycles. The number of carboxylic acids is 1. The van der Waals surface area contributed by atoms with Crippen LogP contribution in [0.2, 0.25) is 0 Å². The Morgan fingerprint density at radius 1 is 1.57 bits per heavy atom. The Labute approximate surface area is 83.8 Å². The van der Waals surface area contributed by atoms with Crippen molar-refractivity contribution in [3.05, 3.63) is 28.8 Å². The summed E-state index contributed by atoms with van der Waals surface area (Å²) in [5, 5.41) is 14.0. The smallest absolute Gasteiger partial charge is 0.358 e. The van der Waals surface area contributed by atoms with Crippen LogP contribution in [0.5, 0.6) is 0 Å². The molecule has 2 aromatic heterocycles. The monoisotopic (exact) mass is 209 g/mol. The highest BCUT2D eigenvalue weighted by Crippen LogP contribution is 2.27. The van der Waals surface area contributed by atoms with Crippen LogP contribution < -0.4 is 0 Å². The molecule has 0 bridgehead atoms. The summed E-state index contributed by atoms with van der Waals surface area (Å²) in [5.41, 5.74) is 1.06.